The van der Waals surface area contributed by atoms with Gasteiger partial charge < -0.3 is 9.52 Å². The molecule has 168 valence electrons. The van der Waals surface area contributed by atoms with E-state index < -0.39 is 10.0 Å². The molecule has 0 spiro atoms. The molecule has 0 saturated heterocycles. The van der Waals surface area contributed by atoms with Gasteiger partial charge in [-0.3, -0.25) is 4.72 Å². The van der Waals surface area contributed by atoms with Crippen molar-refractivity contribution in [3.05, 3.63) is 109 Å². The van der Waals surface area contributed by atoms with E-state index >= 15 is 0 Å². The van der Waals surface area contributed by atoms with Crippen LogP contribution in [0, 0.1) is 0 Å². The number of hydrogen-bond donors (Lipinski definition) is 2. The van der Waals surface area contributed by atoms with E-state index in [0.717, 1.165) is 5.56 Å². The monoisotopic (exact) mass is 469 g/mol. The van der Waals surface area contributed by atoms with Gasteiger partial charge in [-0.25, -0.2) is 18.4 Å². The van der Waals surface area contributed by atoms with Gasteiger partial charge in [0.2, 0.25) is 0 Å². The maximum atomic E-state index is 12.7. The average Bonchev–Trinajstić information content (AvgIpc) is 2.85. The van der Waals surface area contributed by atoms with Gasteiger partial charge in [0.1, 0.15) is 22.9 Å². The summed E-state index contributed by atoms with van der Waals surface area (Å²) in [6.07, 6.45) is 1.51. The number of anilines is 1. The molecule has 3 aromatic carbocycles. The van der Waals surface area contributed by atoms with Crippen LogP contribution in [0.1, 0.15) is 0 Å². The number of pyridine rings is 1. The molecular formula is C26H19N3O4S. The zero-order chi connectivity index (χ0) is 23.5. The lowest BCUT2D eigenvalue weighted by Crippen LogP contribution is -2.13. The highest BCUT2D eigenvalue weighted by Gasteiger charge is 2.14. The standard InChI is InChI=1S/C26H19N3O4S/c30-20-11-14-24-22(16-20)23(17-25(33-24)18-6-2-1-3-7-18)28-19-9-12-21(13-10-19)34(31,32)29-26-8-4-5-15-27-26/h1-17,30H,(H,27,29). The van der Waals surface area contributed by atoms with Gasteiger partial charge in [0.15, 0.2) is 0 Å². The Hall–Kier alpha value is -4.43. The Kier molecular flexibility index (Phi) is 5.57. The minimum Gasteiger partial charge on any atom is -0.508 e. The second-order valence-corrected chi connectivity index (χ2v) is 9.15. The van der Waals surface area contributed by atoms with E-state index in [0.29, 0.717) is 27.8 Å². The Labute approximate surface area is 195 Å². The van der Waals surface area contributed by atoms with Crippen LogP contribution in [-0.4, -0.2) is 18.5 Å². The zero-order valence-corrected chi connectivity index (χ0v) is 18.6. The lowest BCUT2D eigenvalue weighted by molar-refractivity contribution is 0.475. The largest absolute Gasteiger partial charge is 0.508 e. The van der Waals surface area contributed by atoms with Crippen LogP contribution in [0.15, 0.2) is 118 Å². The van der Waals surface area contributed by atoms with Gasteiger partial charge in [-0.1, -0.05) is 36.4 Å². The van der Waals surface area contributed by atoms with Crippen LogP contribution in [0.3, 0.4) is 0 Å². The summed E-state index contributed by atoms with van der Waals surface area (Å²) in [5.74, 6) is 0.953. The summed E-state index contributed by atoms with van der Waals surface area (Å²) in [4.78, 5) is 8.79. The van der Waals surface area contributed by atoms with Gasteiger partial charge in [-0.15, -0.1) is 0 Å². The summed E-state index contributed by atoms with van der Waals surface area (Å²) < 4.78 is 33.8. The number of sulfonamides is 1. The SMILES string of the molecule is O=S(=O)(Nc1ccccn1)c1ccc(N=c2cc(-c3ccccc3)oc3ccc(O)cc23)cc1. The topological polar surface area (TPSA) is 105 Å². The van der Waals surface area contributed by atoms with Crippen molar-refractivity contribution in [1.82, 2.24) is 4.98 Å². The second kappa shape index (κ2) is 8.84. The number of hydrogen-bond acceptors (Lipinski definition) is 6. The molecule has 0 radical (unpaired) electrons. The minimum absolute atomic E-state index is 0.0904. The molecule has 2 N–H and O–H groups in total. The Morgan fingerprint density at radius 3 is 2.35 bits per heavy atom. The van der Waals surface area contributed by atoms with Crippen molar-refractivity contribution in [3.63, 3.8) is 0 Å². The van der Waals surface area contributed by atoms with Crippen molar-refractivity contribution < 1.29 is 17.9 Å². The number of benzene rings is 3. The molecule has 7 nitrogen and oxygen atoms in total. The molecule has 0 fully saturated rings. The Bertz CT molecular complexity index is 1630. The first-order valence-electron chi connectivity index (χ1n) is 10.4. The minimum atomic E-state index is -3.79. The van der Waals surface area contributed by atoms with E-state index in [4.69, 9.17) is 9.41 Å². The van der Waals surface area contributed by atoms with Crippen LogP contribution in [0.2, 0.25) is 0 Å². The number of phenolic OH excluding ortho intramolecular Hbond substituents is 1. The number of fused-ring (bicyclic) bond motifs is 1. The summed E-state index contributed by atoms with van der Waals surface area (Å²) >= 11 is 0. The molecule has 0 aliphatic heterocycles. The summed E-state index contributed by atoms with van der Waals surface area (Å²) in [7, 11) is -3.79. The fourth-order valence-corrected chi connectivity index (χ4v) is 4.46. The van der Waals surface area contributed by atoms with Crippen LogP contribution in [0.4, 0.5) is 11.5 Å². The lowest BCUT2D eigenvalue weighted by Gasteiger charge is -2.07. The van der Waals surface area contributed by atoms with Crippen molar-refractivity contribution in [2.45, 2.75) is 4.90 Å². The van der Waals surface area contributed by atoms with Crippen LogP contribution in [0.25, 0.3) is 22.3 Å². The number of aromatic nitrogens is 1. The average molecular weight is 470 g/mol. The van der Waals surface area contributed by atoms with Gasteiger partial charge >= 0.3 is 0 Å². The number of rotatable bonds is 5. The van der Waals surface area contributed by atoms with Crippen LogP contribution in [0.5, 0.6) is 5.75 Å². The fraction of sp³-hybridized carbons (Fsp3) is 0. The first-order chi connectivity index (χ1) is 16.5. The number of nitrogens with one attached hydrogen (secondary N) is 1. The molecule has 0 saturated carbocycles. The van der Waals surface area contributed by atoms with Gasteiger partial charge in [-0.2, -0.15) is 0 Å². The molecule has 0 aliphatic carbocycles. The Balaban J connectivity index is 1.56. The molecule has 0 atom stereocenters. The van der Waals surface area contributed by atoms with Gasteiger partial charge in [0, 0.05) is 23.2 Å². The maximum absolute atomic E-state index is 12.7. The molecule has 5 aromatic rings. The third-order valence-electron chi connectivity index (χ3n) is 5.09. The summed E-state index contributed by atoms with van der Waals surface area (Å²) in [6.45, 7) is 0. The van der Waals surface area contributed by atoms with Crippen LogP contribution in [-0.2, 0) is 10.0 Å². The maximum Gasteiger partial charge on any atom is 0.263 e. The summed E-state index contributed by atoms with van der Waals surface area (Å²) in [5.41, 5.74) is 2.00. The van der Waals surface area contributed by atoms with E-state index in [2.05, 4.69) is 9.71 Å². The predicted molar refractivity (Wildman–Crippen MR) is 130 cm³/mol. The molecule has 0 amide bonds. The first-order valence-corrected chi connectivity index (χ1v) is 11.9. The first kappa shape index (κ1) is 21.4. The van der Waals surface area contributed by atoms with Crippen molar-refractivity contribution >= 4 is 32.5 Å². The van der Waals surface area contributed by atoms with Gasteiger partial charge in [0.25, 0.3) is 10.0 Å². The van der Waals surface area contributed by atoms with Gasteiger partial charge in [0.05, 0.1) is 15.9 Å². The zero-order valence-electron chi connectivity index (χ0n) is 17.8. The summed E-state index contributed by atoms with van der Waals surface area (Å²) in [5, 5.41) is 11.2. The highest BCUT2D eigenvalue weighted by molar-refractivity contribution is 7.92. The van der Waals surface area contributed by atoms with E-state index in [9.17, 15) is 13.5 Å². The molecule has 8 heteroatoms. The molecule has 2 heterocycles. The number of aromatic hydroxyl groups is 1. The van der Waals surface area contributed by atoms with Crippen molar-refractivity contribution in [2.24, 2.45) is 4.99 Å². The van der Waals surface area contributed by atoms with Gasteiger partial charge in [-0.05, 0) is 54.6 Å². The molecule has 34 heavy (non-hydrogen) atoms. The van der Waals surface area contributed by atoms with Crippen LogP contribution < -0.4 is 10.1 Å². The molecule has 5 rings (SSSR count). The lowest BCUT2D eigenvalue weighted by atomic mass is 10.1. The highest BCUT2D eigenvalue weighted by Crippen LogP contribution is 2.25. The van der Waals surface area contributed by atoms with E-state index in [1.54, 1.807) is 54.6 Å². The van der Waals surface area contributed by atoms with Crippen molar-refractivity contribution in [1.29, 1.82) is 0 Å². The Morgan fingerprint density at radius 2 is 1.62 bits per heavy atom. The third kappa shape index (κ3) is 4.53. The second-order valence-electron chi connectivity index (χ2n) is 7.47. The van der Waals surface area contributed by atoms with E-state index in [1.165, 1.54) is 18.3 Å². The van der Waals surface area contributed by atoms with Crippen LogP contribution >= 0.6 is 0 Å². The van der Waals surface area contributed by atoms with Crippen molar-refractivity contribution in [3.8, 4) is 17.1 Å². The molecule has 2 aromatic heterocycles. The van der Waals surface area contributed by atoms with Crippen molar-refractivity contribution in [2.75, 3.05) is 4.72 Å². The summed E-state index contributed by atoms with van der Waals surface area (Å²) in [6, 6.07) is 27.4. The third-order valence-corrected chi connectivity index (χ3v) is 6.46. The molecule has 0 bridgehead atoms. The number of phenols is 1. The number of nitrogens with zero attached hydrogens (tertiary/aromatic N) is 2. The normalized spacial score (nSPS) is 12.1. The smallest absolute Gasteiger partial charge is 0.263 e. The molecule has 0 unspecified atom stereocenters. The quantitative estimate of drug-likeness (QED) is 0.367. The Morgan fingerprint density at radius 1 is 0.853 bits per heavy atom. The fourth-order valence-electron chi connectivity index (χ4n) is 3.45. The highest BCUT2D eigenvalue weighted by atomic mass is 32.2. The predicted octanol–water partition coefficient (Wildman–Crippen LogP) is 5.23. The van der Waals surface area contributed by atoms with E-state index in [1.807, 2.05) is 30.3 Å². The molecule has 0 aliphatic rings. The molecular weight excluding hydrogens is 450 g/mol. The van der Waals surface area contributed by atoms with E-state index in [-0.39, 0.29) is 16.5 Å².